The van der Waals surface area contributed by atoms with Crippen LogP contribution in [0.1, 0.15) is 41.9 Å². The Kier molecular flexibility index (Phi) is 6.61. The zero-order valence-corrected chi connectivity index (χ0v) is 18.1. The fraction of sp³-hybridized carbons (Fsp3) is 0.333. The quantitative estimate of drug-likeness (QED) is 0.531. The van der Waals surface area contributed by atoms with Crippen LogP contribution >= 0.6 is 0 Å². The largest absolute Gasteiger partial charge is 0.349 e. The van der Waals surface area contributed by atoms with E-state index in [1.54, 1.807) is 54.4 Å². The van der Waals surface area contributed by atoms with Crippen molar-refractivity contribution in [3.05, 3.63) is 70.3 Å². The fourth-order valence-electron chi connectivity index (χ4n) is 4.08. The summed E-state index contributed by atoms with van der Waals surface area (Å²) in [4.78, 5) is 46.6. The van der Waals surface area contributed by atoms with Gasteiger partial charge in [0.2, 0.25) is 5.91 Å². The van der Waals surface area contributed by atoms with Crippen molar-refractivity contribution in [3.8, 4) is 0 Å². The van der Waals surface area contributed by atoms with E-state index in [2.05, 4.69) is 20.6 Å². The molecule has 166 valence electrons. The molecule has 2 amide bonds. The van der Waals surface area contributed by atoms with Crippen LogP contribution in [0.4, 0.5) is 5.69 Å². The van der Waals surface area contributed by atoms with Gasteiger partial charge in [-0.25, -0.2) is 4.98 Å². The molecular weight excluding hydrogens is 406 g/mol. The molecule has 1 aliphatic carbocycles. The lowest BCUT2D eigenvalue weighted by Gasteiger charge is -2.18. The normalized spacial score (nSPS) is 14.1. The van der Waals surface area contributed by atoms with E-state index in [9.17, 15) is 14.4 Å². The summed E-state index contributed by atoms with van der Waals surface area (Å²) in [6.45, 7) is 0.381. The van der Waals surface area contributed by atoms with Gasteiger partial charge in [0.1, 0.15) is 5.82 Å². The van der Waals surface area contributed by atoms with E-state index in [1.165, 1.54) is 0 Å². The smallest absolute Gasteiger partial charge is 0.258 e. The molecule has 0 unspecified atom stereocenters. The standard InChI is InChI=1S/C24H27N5O3/c1-29(14-21-26-19-12-6-4-10-17(19)24(32)28-21)15-22(30)27-20-13-7-5-11-18(20)23(31)25-16-8-2-3-9-16/h4-7,10-13,16H,2-3,8-9,14-15H2,1H3,(H,25,31)(H,27,30)(H,26,28,32). The number of anilines is 1. The first-order chi connectivity index (χ1) is 15.5. The number of rotatable bonds is 7. The molecule has 0 aliphatic heterocycles. The van der Waals surface area contributed by atoms with Crippen molar-refractivity contribution in [2.24, 2.45) is 0 Å². The van der Waals surface area contributed by atoms with Crippen molar-refractivity contribution in [3.63, 3.8) is 0 Å². The fourth-order valence-corrected chi connectivity index (χ4v) is 4.08. The lowest BCUT2D eigenvalue weighted by Crippen LogP contribution is -2.34. The Morgan fingerprint density at radius 1 is 1.09 bits per heavy atom. The predicted molar refractivity (Wildman–Crippen MR) is 123 cm³/mol. The van der Waals surface area contributed by atoms with Gasteiger partial charge in [0.25, 0.3) is 11.5 Å². The molecule has 0 radical (unpaired) electrons. The Balaban J connectivity index is 1.38. The first kappa shape index (κ1) is 21.7. The third kappa shape index (κ3) is 5.20. The number of aromatic amines is 1. The van der Waals surface area contributed by atoms with Gasteiger partial charge in [-0.15, -0.1) is 0 Å². The van der Waals surface area contributed by atoms with Gasteiger partial charge in [-0.05, 0) is 44.2 Å². The van der Waals surface area contributed by atoms with Crippen LogP contribution in [0.15, 0.2) is 53.3 Å². The second kappa shape index (κ2) is 9.74. The Morgan fingerprint density at radius 3 is 2.62 bits per heavy atom. The summed E-state index contributed by atoms with van der Waals surface area (Å²) in [6, 6.07) is 14.3. The monoisotopic (exact) mass is 433 g/mol. The molecule has 4 rings (SSSR count). The lowest BCUT2D eigenvalue weighted by atomic mass is 10.1. The van der Waals surface area contributed by atoms with Gasteiger partial charge in [0, 0.05) is 6.04 Å². The highest BCUT2D eigenvalue weighted by molar-refractivity contribution is 6.04. The molecule has 0 saturated heterocycles. The number of benzene rings is 2. The maximum absolute atomic E-state index is 12.7. The van der Waals surface area contributed by atoms with Gasteiger partial charge >= 0.3 is 0 Å². The number of carbonyl (C=O) groups is 2. The van der Waals surface area contributed by atoms with Crippen LogP contribution in [0, 0.1) is 0 Å². The summed E-state index contributed by atoms with van der Waals surface area (Å²) in [5, 5.41) is 6.43. The van der Waals surface area contributed by atoms with Crippen molar-refractivity contribution < 1.29 is 9.59 Å². The molecule has 1 aromatic heterocycles. The average molecular weight is 434 g/mol. The summed E-state index contributed by atoms with van der Waals surface area (Å²) >= 11 is 0. The van der Waals surface area contributed by atoms with Gasteiger partial charge in [0.05, 0.1) is 35.2 Å². The van der Waals surface area contributed by atoms with Crippen molar-refractivity contribution >= 4 is 28.4 Å². The van der Waals surface area contributed by atoms with Crippen molar-refractivity contribution in [1.82, 2.24) is 20.2 Å². The number of fused-ring (bicyclic) bond motifs is 1. The second-order valence-electron chi connectivity index (χ2n) is 8.25. The van der Waals surface area contributed by atoms with Crippen LogP contribution in [0.25, 0.3) is 10.9 Å². The third-order valence-corrected chi connectivity index (χ3v) is 5.63. The van der Waals surface area contributed by atoms with Crippen molar-refractivity contribution in [2.75, 3.05) is 18.9 Å². The van der Waals surface area contributed by atoms with E-state index in [0.717, 1.165) is 25.7 Å². The Morgan fingerprint density at radius 2 is 1.81 bits per heavy atom. The van der Waals surface area contributed by atoms with E-state index in [4.69, 9.17) is 0 Å². The molecular formula is C24H27N5O3. The number of para-hydroxylation sites is 2. The number of nitrogens with one attached hydrogen (secondary N) is 3. The lowest BCUT2D eigenvalue weighted by molar-refractivity contribution is -0.117. The van der Waals surface area contributed by atoms with Crippen LogP contribution in [0.3, 0.4) is 0 Å². The molecule has 1 heterocycles. The SMILES string of the molecule is CN(CC(=O)Nc1ccccc1C(=O)NC1CCCC1)Cc1nc2ccccc2c(=O)[nH]1. The van der Waals surface area contributed by atoms with Crippen LogP contribution in [0.5, 0.6) is 0 Å². The summed E-state index contributed by atoms with van der Waals surface area (Å²) in [7, 11) is 1.77. The molecule has 3 N–H and O–H groups in total. The number of H-pyrrole nitrogens is 1. The first-order valence-corrected chi connectivity index (χ1v) is 10.9. The highest BCUT2D eigenvalue weighted by Crippen LogP contribution is 2.20. The molecule has 1 aliphatic rings. The van der Waals surface area contributed by atoms with E-state index < -0.39 is 0 Å². The van der Waals surface area contributed by atoms with Crippen LogP contribution < -0.4 is 16.2 Å². The van der Waals surface area contributed by atoms with Gasteiger partial charge in [0.15, 0.2) is 0 Å². The molecule has 0 spiro atoms. The average Bonchev–Trinajstić information content (AvgIpc) is 3.27. The predicted octanol–water partition coefficient (Wildman–Crippen LogP) is 2.67. The first-order valence-electron chi connectivity index (χ1n) is 10.9. The van der Waals surface area contributed by atoms with Gasteiger partial charge < -0.3 is 15.6 Å². The molecule has 3 aromatic rings. The van der Waals surface area contributed by atoms with Gasteiger partial charge in [-0.3, -0.25) is 19.3 Å². The Bertz CT molecular complexity index is 1180. The zero-order chi connectivity index (χ0) is 22.5. The number of nitrogens with zero attached hydrogens (tertiary/aromatic N) is 2. The van der Waals surface area contributed by atoms with Crippen LogP contribution in [0.2, 0.25) is 0 Å². The van der Waals surface area contributed by atoms with Gasteiger partial charge in [-0.1, -0.05) is 37.1 Å². The number of aromatic nitrogens is 2. The minimum Gasteiger partial charge on any atom is -0.349 e. The number of likely N-dealkylation sites (N-methyl/N-ethyl adjacent to an activating group) is 1. The maximum atomic E-state index is 12.7. The Labute approximate surface area is 186 Å². The third-order valence-electron chi connectivity index (χ3n) is 5.63. The van der Waals surface area contributed by atoms with E-state index in [0.29, 0.717) is 34.5 Å². The molecule has 0 atom stereocenters. The molecule has 0 bridgehead atoms. The highest BCUT2D eigenvalue weighted by Gasteiger charge is 2.20. The summed E-state index contributed by atoms with van der Waals surface area (Å²) in [6.07, 6.45) is 4.26. The summed E-state index contributed by atoms with van der Waals surface area (Å²) in [5.41, 5.74) is 1.35. The number of carbonyl (C=O) groups excluding carboxylic acids is 2. The van der Waals surface area contributed by atoms with E-state index in [1.807, 2.05) is 6.07 Å². The van der Waals surface area contributed by atoms with E-state index in [-0.39, 0.29) is 30.0 Å². The number of hydrogen-bond donors (Lipinski definition) is 3. The van der Waals surface area contributed by atoms with Crippen LogP contribution in [-0.4, -0.2) is 46.3 Å². The molecule has 8 heteroatoms. The molecule has 8 nitrogen and oxygen atoms in total. The maximum Gasteiger partial charge on any atom is 0.258 e. The van der Waals surface area contributed by atoms with E-state index >= 15 is 0 Å². The number of amides is 2. The van der Waals surface area contributed by atoms with Gasteiger partial charge in [-0.2, -0.15) is 0 Å². The zero-order valence-electron chi connectivity index (χ0n) is 18.1. The second-order valence-corrected chi connectivity index (χ2v) is 8.25. The number of hydrogen-bond acceptors (Lipinski definition) is 5. The minimum atomic E-state index is -0.253. The molecule has 2 aromatic carbocycles. The summed E-state index contributed by atoms with van der Waals surface area (Å²) in [5.74, 6) is 0.0659. The molecule has 1 saturated carbocycles. The molecule has 32 heavy (non-hydrogen) atoms. The molecule has 1 fully saturated rings. The van der Waals surface area contributed by atoms with Crippen molar-refractivity contribution in [2.45, 2.75) is 38.3 Å². The van der Waals surface area contributed by atoms with Crippen molar-refractivity contribution in [1.29, 1.82) is 0 Å². The summed E-state index contributed by atoms with van der Waals surface area (Å²) < 4.78 is 0. The minimum absolute atomic E-state index is 0.0785. The highest BCUT2D eigenvalue weighted by atomic mass is 16.2. The Hall–Kier alpha value is -3.52. The topological polar surface area (TPSA) is 107 Å². The van der Waals surface area contributed by atoms with Crippen LogP contribution in [-0.2, 0) is 11.3 Å².